The van der Waals surface area contributed by atoms with Crippen molar-refractivity contribution in [1.82, 2.24) is 4.90 Å². The molecule has 192 valence electrons. The number of carbonyl (C=O) groups excluding carboxylic acids is 1. The van der Waals surface area contributed by atoms with Crippen LogP contribution in [-0.2, 0) is 28.7 Å². The molecule has 1 unspecified atom stereocenters. The number of benzene rings is 3. The van der Waals surface area contributed by atoms with Gasteiger partial charge in [0.1, 0.15) is 12.0 Å². The van der Waals surface area contributed by atoms with Crippen LogP contribution in [0, 0.1) is 0 Å². The van der Waals surface area contributed by atoms with Crippen molar-refractivity contribution in [3.8, 4) is 16.9 Å². The number of aliphatic hydroxyl groups excluding tert-OH is 1. The molecule has 5 nitrogen and oxygen atoms in total. The van der Waals surface area contributed by atoms with Gasteiger partial charge in [-0.05, 0) is 60.0 Å². The van der Waals surface area contributed by atoms with E-state index in [1.54, 1.807) is 54.3 Å². The fourth-order valence-electron chi connectivity index (χ4n) is 4.04. The largest absolute Gasteiger partial charge is 0.496 e. The molecular weight excluding hydrogens is 471 g/mol. The number of esters is 1. The molecule has 0 aliphatic rings. The zero-order valence-corrected chi connectivity index (χ0v) is 20.5. The van der Waals surface area contributed by atoms with Gasteiger partial charge in [0, 0.05) is 12.1 Å². The van der Waals surface area contributed by atoms with Gasteiger partial charge in [-0.25, -0.2) is 0 Å². The Bertz CT molecular complexity index is 1170. The minimum absolute atomic E-state index is 0.0224. The van der Waals surface area contributed by atoms with Gasteiger partial charge in [-0.15, -0.1) is 0 Å². The SMILES string of the molecule is CCOC(=O)Cc1ccc(OC)c(-c2ccc(C(F)(F)F)cc2CN(CC)C(O)c2ccccc2)c1. The molecule has 0 amide bonds. The van der Waals surface area contributed by atoms with E-state index in [1.165, 1.54) is 13.2 Å². The lowest BCUT2D eigenvalue weighted by Gasteiger charge is -2.28. The Morgan fingerprint density at radius 2 is 1.72 bits per heavy atom. The smallest absolute Gasteiger partial charge is 0.416 e. The Hall–Kier alpha value is -3.36. The molecule has 0 heterocycles. The molecule has 0 saturated carbocycles. The summed E-state index contributed by atoms with van der Waals surface area (Å²) in [5.41, 5.74) is 1.94. The third kappa shape index (κ3) is 6.65. The highest BCUT2D eigenvalue weighted by atomic mass is 19.4. The maximum atomic E-state index is 13.6. The number of rotatable bonds is 10. The quantitative estimate of drug-likeness (QED) is 0.273. The molecule has 0 spiro atoms. The molecule has 0 aliphatic carbocycles. The summed E-state index contributed by atoms with van der Waals surface area (Å²) in [6.07, 6.45) is -5.51. The van der Waals surface area contributed by atoms with Crippen LogP contribution in [0.25, 0.3) is 11.1 Å². The van der Waals surface area contributed by atoms with Crippen molar-refractivity contribution in [2.45, 2.75) is 39.2 Å². The molecule has 0 fully saturated rings. The summed E-state index contributed by atoms with van der Waals surface area (Å²) in [7, 11) is 1.48. The van der Waals surface area contributed by atoms with Gasteiger partial charge in [-0.3, -0.25) is 9.69 Å². The Morgan fingerprint density at radius 1 is 1.00 bits per heavy atom. The first-order chi connectivity index (χ1) is 17.2. The average Bonchev–Trinajstić information content (AvgIpc) is 2.86. The molecule has 0 saturated heterocycles. The number of carbonyl (C=O) groups is 1. The second kappa shape index (κ2) is 12.1. The summed E-state index contributed by atoms with van der Waals surface area (Å²) in [6, 6.07) is 17.6. The van der Waals surface area contributed by atoms with E-state index < -0.39 is 23.9 Å². The zero-order chi connectivity index (χ0) is 26.3. The molecule has 8 heteroatoms. The van der Waals surface area contributed by atoms with E-state index in [1.807, 2.05) is 13.0 Å². The molecule has 3 rings (SSSR count). The predicted molar refractivity (Wildman–Crippen MR) is 131 cm³/mol. The summed E-state index contributed by atoms with van der Waals surface area (Å²) < 4.78 is 51.4. The number of hydrogen-bond acceptors (Lipinski definition) is 5. The molecule has 1 N–H and O–H groups in total. The van der Waals surface area contributed by atoms with Gasteiger partial charge >= 0.3 is 12.1 Å². The Labute approximate surface area is 209 Å². The van der Waals surface area contributed by atoms with Crippen LogP contribution < -0.4 is 4.74 Å². The topological polar surface area (TPSA) is 59.0 Å². The van der Waals surface area contributed by atoms with Crippen LogP contribution in [0.2, 0.25) is 0 Å². The molecule has 36 heavy (non-hydrogen) atoms. The van der Waals surface area contributed by atoms with Gasteiger partial charge in [0.15, 0.2) is 0 Å². The van der Waals surface area contributed by atoms with Gasteiger partial charge in [0.2, 0.25) is 0 Å². The lowest BCUT2D eigenvalue weighted by atomic mass is 9.94. The summed E-state index contributed by atoms with van der Waals surface area (Å²) in [6.45, 7) is 4.25. The fourth-order valence-corrected chi connectivity index (χ4v) is 4.04. The lowest BCUT2D eigenvalue weighted by Crippen LogP contribution is -2.28. The maximum absolute atomic E-state index is 13.6. The minimum Gasteiger partial charge on any atom is -0.496 e. The first-order valence-electron chi connectivity index (χ1n) is 11.7. The fraction of sp³-hybridized carbons (Fsp3) is 0.321. The van der Waals surface area contributed by atoms with E-state index in [0.29, 0.717) is 40.1 Å². The van der Waals surface area contributed by atoms with E-state index in [4.69, 9.17) is 9.47 Å². The minimum atomic E-state index is -4.53. The van der Waals surface area contributed by atoms with Crippen LogP contribution in [0.4, 0.5) is 13.2 Å². The van der Waals surface area contributed by atoms with Crippen LogP contribution in [0.15, 0.2) is 66.7 Å². The first-order valence-corrected chi connectivity index (χ1v) is 11.7. The van der Waals surface area contributed by atoms with Crippen LogP contribution in [0.3, 0.4) is 0 Å². The van der Waals surface area contributed by atoms with Crippen molar-refractivity contribution in [2.75, 3.05) is 20.3 Å². The highest BCUT2D eigenvalue weighted by Gasteiger charge is 2.32. The number of halogens is 3. The van der Waals surface area contributed by atoms with Gasteiger partial charge in [-0.1, -0.05) is 49.4 Å². The second-order valence-corrected chi connectivity index (χ2v) is 8.23. The first kappa shape index (κ1) is 27.2. The highest BCUT2D eigenvalue weighted by molar-refractivity contribution is 5.77. The van der Waals surface area contributed by atoms with Crippen molar-refractivity contribution in [2.24, 2.45) is 0 Å². The van der Waals surface area contributed by atoms with Gasteiger partial charge < -0.3 is 14.6 Å². The molecule has 0 aliphatic heterocycles. The van der Waals surface area contributed by atoms with E-state index in [0.717, 1.165) is 12.1 Å². The average molecular weight is 502 g/mol. The predicted octanol–water partition coefficient (Wildman–Crippen LogP) is 6.00. The van der Waals surface area contributed by atoms with Gasteiger partial charge in [-0.2, -0.15) is 13.2 Å². The molecule has 0 radical (unpaired) electrons. The van der Waals surface area contributed by atoms with Gasteiger partial charge in [0.25, 0.3) is 0 Å². The van der Waals surface area contributed by atoms with Crippen LogP contribution in [0.1, 0.15) is 42.3 Å². The van der Waals surface area contributed by atoms with Crippen molar-refractivity contribution in [3.63, 3.8) is 0 Å². The molecule has 1 atom stereocenters. The highest BCUT2D eigenvalue weighted by Crippen LogP contribution is 2.38. The van der Waals surface area contributed by atoms with Gasteiger partial charge in [0.05, 0.1) is 25.7 Å². The number of nitrogens with zero attached hydrogens (tertiary/aromatic N) is 1. The van der Waals surface area contributed by atoms with Crippen molar-refractivity contribution in [1.29, 1.82) is 0 Å². The van der Waals surface area contributed by atoms with Crippen LogP contribution in [-0.4, -0.2) is 36.2 Å². The van der Waals surface area contributed by atoms with E-state index in [-0.39, 0.29) is 19.6 Å². The van der Waals surface area contributed by atoms with Crippen molar-refractivity contribution in [3.05, 3.63) is 89.0 Å². The second-order valence-electron chi connectivity index (χ2n) is 8.23. The number of methoxy groups -OCH3 is 1. The molecular formula is C28H30F3NO4. The zero-order valence-electron chi connectivity index (χ0n) is 20.5. The number of aliphatic hydroxyl groups is 1. The summed E-state index contributed by atoms with van der Waals surface area (Å²) in [5.74, 6) is 0.0553. The molecule has 0 bridgehead atoms. The third-order valence-corrected chi connectivity index (χ3v) is 5.86. The number of alkyl halides is 3. The number of ether oxygens (including phenoxy) is 2. The summed E-state index contributed by atoms with van der Waals surface area (Å²) in [5, 5.41) is 11.0. The molecule has 0 aromatic heterocycles. The monoisotopic (exact) mass is 501 g/mol. The van der Waals surface area contributed by atoms with Crippen LogP contribution >= 0.6 is 0 Å². The Kier molecular flexibility index (Phi) is 9.12. The Balaban J connectivity index is 2.08. The van der Waals surface area contributed by atoms with E-state index >= 15 is 0 Å². The summed E-state index contributed by atoms with van der Waals surface area (Å²) >= 11 is 0. The summed E-state index contributed by atoms with van der Waals surface area (Å²) in [4.78, 5) is 13.7. The normalized spacial score (nSPS) is 12.4. The maximum Gasteiger partial charge on any atom is 0.416 e. The molecule has 3 aromatic rings. The van der Waals surface area contributed by atoms with E-state index in [2.05, 4.69) is 0 Å². The van der Waals surface area contributed by atoms with E-state index in [9.17, 15) is 23.1 Å². The Morgan fingerprint density at radius 3 is 2.33 bits per heavy atom. The van der Waals surface area contributed by atoms with Crippen LogP contribution in [0.5, 0.6) is 5.75 Å². The van der Waals surface area contributed by atoms with Crippen molar-refractivity contribution >= 4 is 5.97 Å². The molecule has 3 aromatic carbocycles. The third-order valence-electron chi connectivity index (χ3n) is 5.86. The standard InChI is InChI=1S/C28H30F3NO4/c1-4-32(27(34)20-9-7-6-8-10-20)18-21-17-22(28(29,30)31)12-13-23(21)24-15-19(11-14-25(24)35-3)16-26(33)36-5-2/h6-15,17,27,34H,4-5,16,18H2,1-3H3. The number of hydrogen-bond donors (Lipinski definition) is 1. The lowest BCUT2D eigenvalue weighted by molar-refractivity contribution is -0.142. The van der Waals surface area contributed by atoms with Crippen molar-refractivity contribution < 1.29 is 32.5 Å².